The molecule has 0 aliphatic heterocycles. The summed E-state index contributed by atoms with van der Waals surface area (Å²) in [4.78, 5) is 39.5. The van der Waals surface area contributed by atoms with Gasteiger partial charge in [-0.25, -0.2) is 9.18 Å². The number of amides is 1. The predicted molar refractivity (Wildman–Crippen MR) is 107 cm³/mol. The molecule has 0 saturated heterocycles. The van der Waals surface area contributed by atoms with Gasteiger partial charge in [-0.2, -0.15) is 0 Å². The molecule has 1 atom stereocenters. The summed E-state index contributed by atoms with van der Waals surface area (Å²) in [5, 5.41) is 0. The van der Waals surface area contributed by atoms with E-state index in [0.29, 0.717) is 22.5 Å². The first kappa shape index (κ1) is 22.3. The van der Waals surface area contributed by atoms with E-state index in [1.807, 2.05) is 0 Å². The maximum atomic E-state index is 13.3. The van der Waals surface area contributed by atoms with Gasteiger partial charge in [0.05, 0.1) is 13.2 Å². The average Bonchev–Trinajstić information content (AvgIpc) is 2.93. The number of ether oxygens (including phenoxy) is 1. The zero-order valence-electron chi connectivity index (χ0n) is 17.7. The Morgan fingerprint density at radius 3 is 2.28 bits per heavy atom. The van der Waals surface area contributed by atoms with Crippen molar-refractivity contribution in [3.8, 4) is 0 Å². The minimum atomic E-state index is -0.752. The highest BCUT2D eigenvalue weighted by Gasteiger charge is 2.32. The van der Waals surface area contributed by atoms with Crippen LogP contribution in [0.25, 0.3) is 0 Å². The lowest BCUT2D eigenvalue weighted by Crippen LogP contribution is -2.42. The Hall–Kier alpha value is -2.96. The first-order valence-corrected chi connectivity index (χ1v) is 9.46. The molecule has 1 heterocycles. The third-order valence-corrected chi connectivity index (χ3v) is 5.29. The van der Waals surface area contributed by atoms with E-state index in [1.165, 1.54) is 24.1 Å². The van der Waals surface area contributed by atoms with Crippen molar-refractivity contribution in [3.05, 3.63) is 58.2 Å². The Bertz CT molecular complexity index is 931. The summed E-state index contributed by atoms with van der Waals surface area (Å²) in [5.41, 5.74) is 2.61. The van der Waals surface area contributed by atoms with Crippen LogP contribution < -0.4 is 0 Å². The van der Waals surface area contributed by atoms with Gasteiger partial charge < -0.3 is 14.2 Å². The lowest BCUT2D eigenvalue weighted by Gasteiger charge is -2.28. The van der Waals surface area contributed by atoms with E-state index in [4.69, 9.17) is 4.74 Å². The average molecular weight is 402 g/mol. The van der Waals surface area contributed by atoms with Gasteiger partial charge in [-0.15, -0.1) is 0 Å². The third-order valence-electron chi connectivity index (χ3n) is 5.29. The van der Waals surface area contributed by atoms with Gasteiger partial charge in [0.25, 0.3) is 0 Å². The monoisotopic (exact) mass is 402 g/mol. The van der Waals surface area contributed by atoms with Gasteiger partial charge in [-0.05, 0) is 44.0 Å². The summed E-state index contributed by atoms with van der Waals surface area (Å²) in [6.45, 7) is 7.04. The number of esters is 1. The number of hydrogen-bond acceptors (Lipinski definition) is 4. The number of carbonyl (C=O) groups excluding carboxylic acids is 3. The molecule has 0 aliphatic rings. The van der Waals surface area contributed by atoms with Gasteiger partial charge in [-0.1, -0.05) is 19.1 Å². The minimum Gasteiger partial charge on any atom is -0.464 e. The fraction of sp³-hybridized carbons (Fsp3) is 0.409. The molecule has 7 heteroatoms. The molecule has 0 fully saturated rings. The number of aromatic nitrogens is 1. The maximum absolute atomic E-state index is 13.3. The number of nitrogens with zero attached hydrogens (tertiary/aromatic N) is 2. The van der Waals surface area contributed by atoms with Crippen LogP contribution in [0.2, 0.25) is 0 Å². The number of carbonyl (C=O) groups is 3. The second-order valence-corrected chi connectivity index (χ2v) is 7.03. The number of benzene rings is 1. The number of Topliss-reactive ketones (excluding diaryl/α,β-unsaturated/α-hetero) is 1. The second kappa shape index (κ2) is 9.03. The molecule has 6 nitrogen and oxygen atoms in total. The van der Waals surface area contributed by atoms with E-state index in [2.05, 4.69) is 0 Å². The molecule has 0 saturated carbocycles. The van der Waals surface area contributed by atoms with Gasteiger partial charge in [0.15, 0.2) is 5.78 Å². The van der Waals surface area contributed by atoms with Crippen molar-refractivity contribution in [2.45, 2.75) is 46.7 Å². The topological polar surface area (TPSA) is 68.6 Å². The number of ketones is 1. The largest absolute Gasteiger partial charge is 0.464 e. The van der Waals surface area contributed by atoms with Gasteiger partial charge in [0.2, 0.25) is 5.91 Å². The Balaban J connectivity index is 2.42. The number of hydrogen-bond donors (Lipinski definition) is 0. The van der Waals surface area contributed by atoms with Crippen molar-refractivity contribution in [1.29, 1.82) is 0 Å². The van der Waals surface area contributed by atoms with Gasteiger partial charge in [0.1, 0.15) is 11.5 Å². The summed E-state index contributed by atoms with van der Waals surface area (Å²) < 4.78 is 19.7. The van der Waals surface area contributed by atoms with Crippen LogP contribution in [-0.2, 0) is 23.1 Å². The standard InChI is InChI=1S/C22H27FN2O4/c1-7-18(26)25(12-16-8-10-17(23)11-9-16)15(4)21(27)19-13(2)20(22(28)29-6)24(5)14(19)3/h8-11,15H,7,12H2,1-6H3. The summed E-state index contributed by atoms with van der Waals surface area (Å²) in [5.74, 6) is -1.33. The van der Waals surface area contributed by atoms with Crippen LogP contribution in [0.5, 0.6) is 0 Å². The number of halogens is 1. The Kier molecular flexibility index (Phi) is 6.95. The van der Waals surface area contributed by atoms with Crippen molar-refractivity contribution in [3.63, 3.8) is 0 Å². The first-order chi connectivity index (χ1) is 13.6. The zero-order chi connectivity index (χ0) is 21.9. The molecule has 156 valence electrons. The highest BCUT2D eigenvalue weighted by atomic mass is 19.1. The molecule has 29 heavy (non-hydrogen) atoms. The highest BCUT2D eigenvalue weighted by molar-refractivity contribution is 6.06. The van der Waals surface area contributed by atoms with E-state index in [-0.39, 0.29) is 30.5 Å². The van der Waals surface area contributed by atoms with Crippen molar-refractivity contribution in [2.75, 3.05) is 7.11 Å². The molecule has 1 aromatic heterocycles. The van der Waals surface area contributed by atoms with Crippen LogP contribution >= 0.6 is 0 Å². The highest BCUT2D eigenvalue weighted by Crippen LogP contribution is 2.25. The molecular weight excluding hydrogens is 375 g/mol. The van der Waals surface area contributed by atoms with Crippen LogP contribution in [0.1, 0.15) is 57.9 Å². The third kappa shape index (κ3) is 4.39. The summed E-state index contributed by atoms with van der Waals surface area (Å²) in [6, 6.07) is 5.08. The van der Waals surface area contributed by atoms with Crippen molar-refractivity contribution >= 4 is 17.7 Å². The summed E-state index contributed by atoms with van der Waals surface area (Å²) in [6.07, 6.45) is 0.235. The molecule has 1 amide bonds. The Morgan fingerprint density at radius 1 is 1.17 bits per heavy atom. The van der Waals surface area contributed by atoms with Crippen LogP contribution in [0.3, 0.4) is 0 Å². The Morgan fingerprint density at radius 2 is 1.76 bits per heavy atom. The fourth-order valence-corrected chi connectivity index (χ4v) is 3.51. The second-order valence-electron chi connectivity index (χ2n) is 7.03. The van der Waals surface area contributed by atoms with Crippen LogP contribution in [0, 0.1) is 19.7 Å². The van der Waals surface area contributed by atoms with E-state index >= 15 is 0 Å². The molecule has 0 spiro atoms. The molecule has 0 N–H and O–H groups in total. The SMILES string of the molecule is CCC(=O)N(Cc1ccc(F)cc1)C(C)C(=O)c1c(C)c(C(=O)OC)n(C)c1C. The molecule has 2 aromatic rings. The van der Waals surface area contributed by atoms with E-state index in [1.54, 1.807) is 51.4 Å². The van der Waals surface area contributed by atoms with Crippen molar-refractivity contribution in [1.82, 2.24) is 9.47 Å². The predicted octanol–water partition coefficient (Wildman–Crippen LogP) is 3.58. The lowest BCUT2D eigenvalue weighted by molar-refractivity contribution is -0.132. The molecule has 1 unspecified atom stereocenters. The van der Waals surface area contributed by atoms with Gasteiger partial charge in [-0.3, -0.25) is 9.59 Å². The molecule has 0 aliphatic carbocycles. The lowest BCUT2D eigenvalue weighted by atomic mass is 9.99. The summed E-state index contributed by atoms with van der Waals surface area (Å²) >= 11 is 0. The van der Waals surface area contributed by atoms with E-state index < -0.39 is 12.0 Å². The Labute approximate surface area is 170 Å². The van der Waals surface area contributed by atoms with Crippen molar-refractivity contribution in [2.24, 2.45) is 7.05 Å². The van der Waals surface area contributed by atoms with Gasteiger partial charge >= 0.3 is 5.97 Å². The first-order valence-electron chi connectivity index (χ1n) is 9.46. The zero-order valence-corrected chi connectivity index (χ0v) is 17.7. The van der Waals surface area contributed by atoms with E-state index in [9.17, 15) is 18.8 Å². The number of rotatable bonds is 7. The van der Waals surface area contributed by atoms with Crippen molar-refractivity contribution < 1.29 is 23.5 Å². The quantitative estimate of drug-likeness (QED) is 0.524. The molecule has 1 aromatic carbocycles. The van der Waals surface area contributed by atoms with Crippen LogP contribution in [0.4, 0.5) is 4.39 Å². The molecule has 2 rings (SSSR count). The minimum absolute atomic E-state index is 0.186. The molecule has 0 bridgehead atoms. The molecular formula is C22H27FN2O4. The van der Waals surface area contributed by atoms with Crippen LogP contribution in [-0.4, -0.2) is 40.3 Å². The van der Waals surface area contributed by atoms with E-state index in [0.717, 1.165) is 5.56 Å². The van der Waals surface area contributed by atoms with Gasteiger partial charge in [0, 0.05) is 31.3 Å². The van der Waals surface area contributed by atoms with Crippen LogP contribution in [0.15, 0.2) is 24.3 Å². The summed E-state index contributed by atoms with van der Waals surface area (Å²) in [7, 11) is 2.99. The number of methoxy groups -OCH3 is 1. The fourth-order valence-electron chi connectivity index (χ4n) is 3.51. The smallest absolute Gasteiger partial charge is 0.354 e. The maximum Gasteiger partial charge on any atom is 0.354 e. The normalized spacial score (nSPS) is 11.8. The molecule has 0 radical (unpaired) electrons.